The second-order valence-electron chi connectivity index (χ2n) is 24.9. The first kappa shape index (κ1) is 82.8. The van der Waals surface area contributed by atoms with Gasteiger partial charge < -0.3 is 67.7 Å². The lowest BCUT2D eigenvalue weighted by Crippen LogP contribution is -2.54. The van der Waals surface area contributed by atoms with E-state index in [0.29, 0.717) is 77.2 Å². The number of furan rings is 7. The van der Waals surface area contributed by atoms with Crippen molar-refractivity contribution < 1.29 is 30.9 Å². The summed E-state index contributed by atoms with van der Waals surface area (Å²) < 4.78 is 36.7. The molecule has 0 spiro atoms. The van der Waals surface area contributed by atoms with Crippen molar-refractivity contribution in [1.82, 2.24) is 62.1 Å². The summed E-state index contributed by atoms with van der Waals surface area (Å²) in [4.78, 5) is 74.9. The Kier molecular flexibility index (Phi) is 30.0. The molecule has 7 aromatic heterocycles. The molecule has 7 aliphatic heterocycles. The van der Waals surface area contributed by atoms with Crippen LogP contribution in [0.2, 0.25) is 0 Å². The van der Waals surface area contributed by atoms with Crippen LogP contribution in [0.25, 0.3) is 0 Å². The van der Waals surface area contributed by atoms with Crippen LogP contribution in [0.5, 0.6) is 0 Å². The van der Waals surface area contributed by atoms with Gasteiger partial charge in [-0.3, -0.25) is 82.3 Å². The van der Waals surface area contributed by atoms with Gasteiger partial charge in [-0.25, -0.2) is 59.9 Å². The number of guanidine groups is 14. The molecule has 0 aliphatic carbocycles. The van der Waals surface area contributed by atoms with E-state index in [1.807, 2.05) is 233 Å². The lowest BCUT2D eigenvalue weighted by atomic mass is 10.4. The molecule has 0 bridgehead atoms. The fraction of sp³-hybridized carbons (Fsp3) is 0.391. The van der Waals surface area contributed by atoms with Crippen LogP contribution in [0.15, 0.2) is 230 Å². The molecule has 596 valence electrons. The fourth-order valence-electron chi connectivity index (χ4n) is 9.90. The molecule has 111 heavy (non-hydrogen) atoms. The van der Waals surface area contributed by atoms with Crippen LogP contribution in [0, 0.1) is 0 Å². The highest BCUT2D eigenvalue weighted by Crippen LogP contribution is 2.21. The quantitative estimate of drug-likeness (QED) is 0.100. The highest BCUT2D eigenvalue weighted by molar-refractivity contribution is 6.11. The zero-order chi connectivity index (χ0) is 80.3. The summed E-state index contributed by atoms with van der Waals surface area (Å²) >= 11 is 0. The molecule has 14 heterocycles. The average molecular weight is 1530 g/mol. The number of nitrogens with two attached hydrogens (primary N) is 2. The highest BCUT2D eigenvalue weighted by Gasteiger charge is 2.27. The molecule has 0 saturated heterocycles. The minimum absolute atomic E-state index is 0.00707. The Morgan fingerprint density at radius 3 is 1.08 bits per heavy atom. The minimum atomic E-state index is -0.172. The van der Waals surface area contributed by atoms with Crippen LogP contribution in [-0.4, -0.2) is 238 Å². The standard InChI is InChI=1S/C12H19N5O.C11H17N5O.2C10H15N5O.2C9H13N5O.C8H11N5O/c1-9-13-11(15(2)3)17(5)12(14-9)16(4)10-7-6-8-18-10;1-8-12-10(15(2)3)14-11(13-8)16(4)9-6-5-7-17-9;1-7-11-9(13-8-5-4-6-16-8)14-10(12-7)15(2)3;1-7-12-9(11-2)14-10(13-7)15(3)8-5-4-6-16-8;1-6-11-8(10)13-9(12-6)14(2)7-4-3-5-15-7;1-6-11-8(10-2)14-9(12-6)13-7-4-3-5-15-7;1-5-10-7(9)13-8(11-5)12-6-3-2-4-14-6/h6-9H,1-5H3;5-8H,1-4H3,(H,12,13,14);2*4-7H,1-3H3,(H2,11,12,13,14);3-6H,1-2H3,(H3,10,11,12,13);3-6H,1-2H3,(H3,10,11,12,13,14);2-5H,1H3,(H4,9,10,11,12,13). The first-order chi connectivity index (χ1) is 53.1. The molecule has 7 atom stereocenters. The van der Waals surface area contributed by atoms with Gasteiger partial charge in [0.2, 0.25) is 83.1 Å². The van der Waals surface area contributed by atoms with Crippen LogP contribution in [0.1, 0.15) is 48.5 Å². The molecular formula is C69H103N35O7. The molecule has 7 aromatic rings. The number of aliphatic imine (C=N–C) groups is 14. The number of nitrogens with zero attached hydrogens (tertiary/aromatic N) is 22. The summed E-state index contributed by atoms with van der Waals surface area (Å²) in [6, 6.07) is 25.7. The minimum Gasteiger partial charge on any atom is -0.449 e. The smallest absolute Gasteiger partial charge is 0.212 e. The van der Waals surface area contributed by atoms with Crippen molar-refractivity contribution in [1.29, 1.82) is 0 Å². The van der Waals surface area contributed by atoms with Gasteiger partial charge >= 0.3 is 0 Å². The second-order valence-corrected chi connectivity index (χ2v) is 24.9. The Hall–Kier alpha value is -13.9. The van der Waals surface area contributed by atoms with Gasteiger partial charge in [-0.05, 0) is 90.9 Å². The van der Waals surface area contributed by atoms with E-state index in [4.69, 9.17) is 42.4 Å². The number of hydrogen-bond donors (Lipinski definition) is 13. The lowest BCUT2D eigenvalue weighted by Gasteiger charge is -2.34. The van der Waals surface area contributed by atoms with Gasteiger partial charge in [-0.15, -0.1) is 0 Å². The van der Waals surface area contributed by atoms with Gasteiger partial charge in [0.15, 0.2) is 41.5 Å². The van der Waals surface area contributed by atoms with Crippen molar-refractivity contribution >= 4 is 125 Å². The second kappa shape index (κ2) is 40.2. The molecule has 42 heteroatoms. The topological polar surface area (TPSA) is 475 Å². The molecule has 7 unspecified atom stereocenters. The monoisotopic (exact) mass is 1530 g/mol. The van der Waals surface area contributed by atoms with E-state index in [1.54, 1.807) is 75.0 Å². The number of hydrogen-bond acceptors (Lipinski definition) is 38. The van der Waals surface area contributed by atoms with Crippen LogP contribution in [0.3, 0.4) is 0 Å². The Labute approximate surface area is 644 Å². The van der Waals surface area contributed by atoms with Gasteiger partial charge in [0.05, 0.1) is 43.8 Å². The van der Waals surface area contributed by atoms with E-state index in [1.165, 1.54) is 0 Å². The Bertz CT molecular complexity index is 4430. The largest absolute Gasteiger partial charge is 0.449 e. The zero-order valence-electron chi connectivity index (χ0n) is 66.0. The lowest BCUT2D eigenvalue weighted by molar-refractivity contribution is 0.494. The predicted molar refractivity (Wildman–Crippen MR) is 440 cm³/mol. The van der Waals surface area contributed by atoms with E-state index in [9.17, 15) is 0 Å². The van der Waals surface area contributed by atoms with Crippen LogP contribution in [0.4, 0.5) is 41.2 Å². The average Bonchev–Trinajstić information content (AvgIpc) is 1.80. The highest BCUT2D eigenvalue weighted by atomic mass is 16.4. The molecular weight excluding hydrogens is 1430 g/mol. The van der Waals surface area contributed by atoms with Gasteiger partial charge in [0.25, 0.3) is 0 Å². The van der Waals surface area contributed by atoms with Crippen molar-refractivity contribution in [2.75, 3.05) is 127 Å². The first-order valence-corrected chi connectivity index (χ1v) is 34.9. The Morgan fingerprint density at radius 2 is 0.676 bits per heavy atom. The Morgan fingerprint density at radius 1 is 0.342 bits per heavy atom. The SMILES string of the molecule is CC1N=C(N(C)C)N(C)C(N(C)c2ccco2)=N1.CC1N=C(N(C)C)NC(N(C)c2ccco2)=N1.CC1N=C(N)NC(N(C)c2ccco2)=N1.CC1N=C(N)NC(Nc2ccco2)=N1.CC1N=C(Nc2ccco2)NC(N(C)C)=N1.CN=C1NC(N(C)c2ccco2)=NC(C)N1.CN=C1NC(Nc2ccco2)=NC(C)N1. The molecule has 42 nitrogen and oxygen atoms in total. The van der Waals surface area contributed by atoms with Crippen LogP contribution in [-0.2, 0) is 0 Å². The molecule has 15 N–H and O–H groups in total. The zero-order valence-corrected chi connectivity index (χ0v) is 66.0. The molecule has 0 radical (unpaired) electrons. The van der Waals surface area contributed by atoms with Gasteiger partial charge in [0.1, 0.15) is 43.2 Å². The molecule has 14 rings (SSSR count). The van der Waals surface area contributed by atoms with E-state index in [2.05, 4.69) is 128 Å². The van der Waals surface area contributed by atoms with E-state index in [0.717, 1.165) is 47.5 Å². The molecule has 0 amide bonds. The van der Waals surface area contributed by atoms with E-state index < -0.39 is 0 Å². The van der Waals surface area contributed by atoms with Crippen LogP contribution < -0.4 is 89.6 Å². The molecule has 7 aliphatic rings. The molecule has 0 fully saturated rings. The van der Waals surface area contributed by atoms with Crippen molar-refractivity contribution in [2.24, 2.45) is 81.4 Å². The van der Waals surface area contributed by atoms with Crippen molar-refractivity contribution in [3.05, 3.63) is 129 Å². The number of anilines is 7. The van der Waals surface area contributed by atoms with Gasteiger partial charge in [0, 0.05) is 134 Å². The molecule has 0 saturated carbocycles. The van der Waals surface area contributed by atoms with Crippen molar-refractivity contribution in [2.45, 2.75) is 91.6 Å². The normalized spacial score (nSPS) is 20.6. The number of nitrogens with one attached hydrogen (secondary N) is 11. The van der Waals surface area contributed by atoms with Crippen molar-refractivity contribution in [3.63, 3.8) is 0 Å². The third-order valence-corrected chi connectivity index (χ3v) is 15.0. The first-order valence-electron chi connectivity index (χ1n) is 34.9. The summed E-state index contributed by atoms with van der Waals surface area (Å²) in [7, 11) is 24.6. The summed E-state index contributed by atoms with van der Waals surface area (Å²) in [5, 5.41) is 33.1. The third kappa shape index (κ3) is 25.4. The summed E-state index contributed by atoms with van der Waals surface area (Å²) in [6.45, 7) is 13.4. The van der Waals surface area contributed by atoms with Gasteiger partial charge in [-0.1, -0.05) is 0 Å². The summed E-state index contributed by atoms with van der Waals surface area (Å²) in [5.41, 5.74) is 11.1. The predicted octanol–water partition coefficient (Wildman–Crippen LogP) is 4.95. The van der Waals surface area contributed by atoms with Crippen LogP contribution >= 0.6 is 0 Å². The van der Waals surface area contributed by atoms with E-state index in [-0.39, 0.29) is 43.2 Å². The van der Waals surface area contributed by atoms with E-state index >= 15 is 0 Å². The maximum absolute atomic E-state index is 5.61. The maximum atomic E-state index is 5.61. The molecule has 0 aromatic carbocycles. The van der Waals surface area contributed by atoms with Crippen molar-refractivity contribution in [3.8, 4) is 0 Å². The van der Waals surface area contributed by atoms with Gasteiger partial charge in [-0.2, -0.15) is 0 Å². The maximum Gasteiger partial charge on any atom is 0.212 e. The summed E-state index contributed by atoms with van der Waals surface area (Å²) in [6.07, 6.45) is 10.7. The Balaban J connectivity index is 0.000000163. The number of rotatable bonds is 7. The third-order valence-electron chi connectivity index (χ3n) is 15.0. The fourth-order valence-corrected chi connectivity index (χ4v) is 9.90. The summed E-state index contributed by atoms with van der Waals surface area (Å²) in [5.74, 6) is 14.1.